The second-order valence-electron chi connectivity index (χ2n) is 8.48. The Labute approximate surface area is 235 Å². The number of ether oxygens (including phenoxy) is 1. The van der Waals surface area contributed by atoms with Gasteiger partial charge in [0.2, 0.25) is 0 Å². The number of hydrogen-bond donors (Lipinski definition) is 3. The van der Waals surface area contributed by atoms with Crippen molar-refractivity contribution in [1.29, 1.82) is 0 Å². The molecule has 3 N–H and O–H groups in total. The Bertz CT molecular complexity index is 1400. The minimum absolute atomic E-state index is 0.0547. The first-order chi connectivity index (χ1) is 17.7. The molecule has 0 saturated carbocycles. The standard InChI is InChI=1S/C25H25Cl2N3O4S3/c1-34-24(31)22-20-6-4-2-3-5-7-21(20)36-23(22)29-25(35)28-17-8-10-19(11-9-17)37(32,33)30-18-13-15(26)12-16(27)14-18/h8-14,30H,2-7H2,1H3,(H2,28,29,35). The number of fused-ring (bicyclic) bond motifs is 1. The van der Waals surface area contributed by atoms with Gasteiger partial charge in [-0.1, -0.05) is 36.0 Å². The fraction of sp³-hybridized carbons (Fsp3) is 0.280. The monoisotopic (exact) mass is 597 g/mol. The van der Waals surface area contributed by atoms with Gasteiger partial charge in [-0.25, -0.2) is 13.2 Å². The summed E-state index contributed by atoms with van der Waals surface area (Å²) < 4.78 is 33.1. The molecule has 0 amide bonds. The summed E-state index contributed by atoms with van der Waals surface area (Å²) in [5.41, 5.74) is 2.43. The van der Waals surface area contributed by atoms with E-state index in [1.54, 1.807) is 12.1 Å². The third kappa shape index (κ3) is 6.94. The first-order valence-electron chi connectivity index (χ1n) is 11.6. The van der Waals surface area contributed by atoms with Gasteiger partial charge in [-0.2, -0.15) is 0 Å². The van der Waals surface area contributed by atoms with Crippen LogP contribution < -0.4 is 15.4 Å². The Hall–Kier alpha value is -2.37. The van der Waals surface area contributed by atoms with E-state index < -0.39 is 10.0 Å². The number of methoxy groups -OCH3 is 1. The highest BCUT2D eigenvalue weighted by Crippen LogP contribution is 2.37. The third-order valence-electron chi connectivity index (χ3n) is 5.83. The lowest BCUT2D eigenvalue weighted by molar-refractivity contribution is 0.0601. The number of carbonyl (C=O) groups is 1. The van der Waals surface area contributed by atoms with E-state index in [9.17, 15) is 13.2 Å². The molecular weight excluding hydrogens is 573 g/mol. The van der Waals surface area contributed by atoms with Crippen molar-refractivity contribution in [3.8, 4) is 0 Å². The van der Waals surface area contributed by atoms with Crippen LogP contribution in [0.25, 0.3) is 0 Å². The van der Waals surface area contributed by atoms with Crippen LogP contribution in [0, 0.1) is 0 Å². The van der Waals surface area contributed by atoms with Crippen molar-refractivity contribution in [2.24, 2.45) is 0 Å². The molecule has 1 aromatic heterocycles. The largest absolute Gasteiger partial charge is 0.465 e. The van der Waals surface area contributed by atoms with E-state index in [1.165, 1.54) is 60.1 Å². The highest BCUT2D eigenvalue weighted by molar-refractivity contribution is 7.92. The lowest BCUT2D eigenvalue weighted by atomic mass is 9.96. The molecule has 0 fully saturated rings. The number of nitrogens with one attached hydrogen (secondary N) is 3. The molecule has 0 bridgehead atoms. The number of carbonyl (C=O) groups excluding carboxylic acids is 1. The minimum atomic E-state index is -3.86. The quantitative estimate of drug-likeness (QED) is 0.206. The van der Waals surface area contributed by atoms with Gasteiger partial charge in [-0.15, -0.1) is 11.3 Å². The van der Waals surface area contributed by atoms with Crippen LogP contribution in [0.4, 0.5) is 16.4 Å². The van der Waals surface area contributed by atoms with Gasteiger partial charge in [0.15, 0.2) is 5.11 Å². The third-order valence-corrected chi connectivity index (χ3v) is 9.07. The average Bonchev–Trinajstić information content (AvgIpc) is 3.13. The molecule has 1 heterocycles. The van der Waals surface area contributed by atoms with Gasteiger partial charge in [0.05, 0.1) is 23.3 Å². The summed E-state index contributed by atoms with van der Waals surface area (Å²) in [7, 11) is -2.48. The second kappa shape index (κ2) is 12.0. The maximum Gasteiger partial charge on any atom is 0.341 e. The van der Waals surface area contributed by atoms with Crippen molar-refractivity contribution in [3.63, 3.8) is 0 Å². The van der Waals surface area contributed by atoms with Gasteiger partial charge in [0.1, 0.15) is 5.00 Å². The number of thiocarbonyl (C=S) groups is 1. The van der Waals surface area contributed by atoms with Crippen LogP contribution >= 0.6 is 46.8 Å². The van der Waals surface area contributed by atoms with Crippen molar-refractivity contribution in [2.45, 2.75) is 43.4 Å². The van der Waals surface area contributed by atoms with Gasteiger partial charge in [0.25, 0.3) is 10.0 Å². The van der Waals surface area contributed by atoms with Crippen LogP contribution in [0.2, 0.25) is 10.0 Å². The summed E-state index contributed by atoms with van der Waals surface area (Å²) in [6.07, 6.45) is 6.21. The Balaban J connectivity index is 1.47. The molecule has 12 heteroatoms. The maximum absolute atomic E-state index is 12.8. The molecule has 37 heavy (non-hydrogen) atoms. The summed E-state index contributed by atoms with van der Waals surface area (Å²) in [5, 5.41) is 7.76. The fourth-order valence-corrected chi connectivity index (χ4v) is 7.27. The van der Waals surface area contributed by atoms with E-state index in [4.69, 9.17) is 40.2 Å². The normalized spacial score (nSPS) is 13.6. The number of esters is 1. The lowest BCUT2D eigenvalue weighted by Crippen LogP contribution is -2.20. The molecule has 1 aliphatic rings. The number of hydrogen-bond acceptors (Lipinski definition) is 6. The molecule has 0 radical (unpaired) electrons. The Morgan fingerprint density at radius 1 is 0.946 bits per heavy atom. The molecule has 196 valence electrons. The summed E-state index contributed by atoms with van der Waals surface area (Å²) >= 11 is 18.9. The number of sulfonamides is 1. The SMILES string of the molecule is COC(=O)c1c(NC(=S)Nc2ccc(S(=O)(=O)Nc3cc(Cl)cc(Cl)c3)cc2)sc2c1CCCCCC2. The molecule has 4 rings (SSSR count). The zero-order valence-electron chi connectivity index (χ0n) is 19.9. The summed E-state index contributed by atoms with van der Waals surface area (Å²) in [6, 6.07) is 10.6. The number of aryl methyl sites for hydroxylation is 1. The number of benzene rings is 2. The molecule has 0 spiro atoms. The van der Waals surface area contributed by atoms with Crippen LogP contribution in [-0.4, -0.2) is 26.6 Å². The molecule has 0 aliphatic heterocycles. The van der Waals surface area contributed by atoms with Crippen molar-refractivity contribution in [3.05, 3.63) is 68.5 Å². The van der Waals surface area contributed by atoms with Crippen molar-refractivity contribution in [1.82, 2.24) is 0 Å². The van der Waals surface area contributed by atoms with Gasteiger partial charge < -0.3 is 15.4 Å². The number of rotatable bonds is 6. The predicted octanol–water partition coefficient (Wildman–Crippen LogP) is 7.11. The van der Waals surface area contributed by atoms with Gasteiger partial charge in [0, 0.05) is 20.6 Å². The zero-order valence-corrected chi connectivity index (χ0v) is 23.9. The van der Waals surface area contributed by atoms with E-state index in [2.05, 4.69) is 15.4 Å². The zero-order chi connectivity index (χ0) is 26.6. The Morgan fingerprint density at radius 3 is 2.24 bits per heavy atom. The number of anilines is 3. The van der Waals surface area contributed by atoms with Gasteiger partial charge >= 0.3 is 5.97 Å². The highest BCUT2D eigenvalue weighted by atomic mass is 35.5. The van der Waals surface area contributed by atoms with Gasteiger partial charge in [-0.3, -0.25) is 4.72 Å². The molecule has 0 atom stereocenters. The van der Waals surface area contributed by atoms with Crippen LogP contribution in [0.15, 0.2) is 47.4 Å². The molecule has 7 nitrogen and oxygen atoms in total. The smallest absolute Gasteiger partial charge is 0.341 e. The van der Waals surface area contributed by atoms with E-state index >= 15 is 0 Å². The summed E-state index contributed by atoms with van der Waals surface area (Å²) in [5.74, 6) is -0.383. The first-order valence-corrected chi connectivity index (χ1v) is 15.0. The number of halogens is 2. The molecule has 0 unspecified atom stereocenters. The van der Waals surface area contributed by atoms with Crippen LogP contribution in [-0.2, 0) is 27.6 Å². The molecule has 2 aromatic carbocycles. The molecule has 1 aliphatic carbocycles. The number of thiophene rings is 1. The predicted molar refractivity (Wildman–Crippen MR) is 155 cm³/mol. The molecule has 3 aromatic rings. The highest BCUT2D eigenvalue weighted by Gasteiger charge is 2.25. The minimum Gasteiger partial charge on any atom is -0.465 e. The Morgan fingerprint density at radius 2 is 1.59 bits per heavy atom. The van der Waals surface area contributed by atoms with E-state index in [-0.39, 0.29) is 21.7 Å². The lowest BCUT2D eigenvalue weighted by Gasteiger charge is -2.13. The van der Waals surface area contributed by atoms with Crippen LogP contribution in [0.3, 0.4) is 0 Å². The van der Waals surface area contributed by atoms with Crippen molar-refractivity contribution >= 4 is 84.2 Å². The summed E-state index contributed by atoms with van der Waals surface area (Å²) in [4.78, 5) is 13.9. The second-order valence-corrected chi connectivity index (χ2v) is 12.5. The molecule has 0 saturated heterocycles. The topological polar surface area (TPSA) is 96.5 Å². The van der Waals surface area contributed by atoms with Crippen molar-refractivity contribution in [2.75, 3.05) is 22.5 Å². The van der Waals surface area contributed by atoms with Crippen LogP contribution in [0.5, 0.6) is 0 Å². The van der Waals surface area contributed by atoms with Crippen molar-refractivity contribution < 1.29 is 17.9 Å². The van der Waals surface area contributed by atoms with E-state index in [0.29, 0.717) is 26.3 Å². The summed E-state index contributed by atoms with van der Waals surface area (Å²) in [6.45, 7) is 0. The Kier molecular flexibility index (Phi) is 8.97. The van der Waals surface area contributed by atoms with Crippen LogP contribution in [0.1, 0.15) is 46.5 Å². The maximum atomic E-state index is 12.8. The molecular formula is C25H25Cl2N3O4S3. The fourth-order valence-electron chi connectivity index (χ4n) is 4.14. The van der Waals surface area contributed by atoms with E-state index in [0.717, 1.165) is 37.7 Å². The first kappa shape index (κ1) is 27.7. The van der Waals surface area contributed by atoms with E-state index in [1.807, 2.05) is 0 Å². The average molecular weight is 599 g/mol. The van der Waals surface area contributed by atoms with Gasteiger partial charge in [-0.05, 0) is 85.9 Å².